The molecule has 1 aliphatic rings. The average molecular weight is 1000 g/mol. The molecule has 0 unspecified atom stereocenters. The lowest BCUT2D eigenvalue weighted by Crippen LogP contribution is -2.14. The predicted molar refractivity (Wildman–Crippen MR) is 335 cm³/mol. The van der Waals surface area contributed by atoms with Gasteiger partial charge in [-0.3, -0.25) is 0 Å². The monoisotopic (exact) mass is 1000 g/mol. The van der Waals surface area contributed by atoms with Crippen molar-refractivity contribution in [1.82, 2.24) is 0 Å². The average Bonchev–Trinajstić information content (AvgIpc) is 2.17. The first-order valence-corrected chi connectivity index (χ1v) is 27.4. The highest BCUT2D eigenvalue weighted by Gasteiger charge is 2.41. The van der Waals surface area contributed by atoms with E-state index in [1.807, 2.05) is 0 Å². The predicted octanol–water partition coefficient (Wildman–Crippen LogP) is 21.7. The van der Waals surface area contributed by atoms with Gasteiger partial charge in [-0.25, -0.2) is 0 Å². The summed E-state index contributed by atoms with van der Waals surface area (Å²) in [6.45, 7) is 18.5. The molecule has 0 aromatic heterocycles. The number of fused-ring (bicyclic) bond motifs is 6. The van der Waals surface area contributed by atoms with Gasteiger partial charge in [0.25, 0.3) is 0 Å². The molecule has 0 bridgehead atoms. The zero-order valence-electron chi connectivity index (χ0n) is 45.8. The molecule has 0 fully saturated rings. The van der Waals surface area contributed by atoms with Gasteiger partial charge in [0.05, 0.1) is 0 Å². The van der Waals surface area contributed by atoms with E-state index in [0.717, 1.165) is 34.1 Å². The third kappa shape index (κ3) is 7.77. The van der Waals surface area contributed by atoms with Crippen LogP contribution < -0.4 is 9.80 Å². The minimum atomic E-state index is 1.11. The molecule has 12 aromatic rings. The van der Waals surface area contributed by atoms with Crippen molar-refractivity contribution in [3.63, 3.8) is 0 Å². The maximum Gasteiger partial charge on any atom is 0.0468 e. The molecule has 0 atom stereocenters. The topological polar surface area (TPSA) is 6.48 Å². The number of rotatable bonds is 10. The normalized spacial score (nSPS) is 11.6. The number of para-hydroxylation sites is 4. The van der Waals surface area contributed by atoms with Gasteiger partial charge in [0.2, 0.25) is 0 Å². The lowest BCUT2D eigenvalue weighted by atomic mass is 9.63. The molecular formula is C76H62N2. The molecule has 0 saturated carbocycles. The van der Waals surface area contributed by atoms with Crippen molar-refractivity contribution in [2.75, 3.05) is 9.80 Å². The maximum atomic E-state index is 2.51. The molecule has 0 aliphatic heterocycles. The second-order valence-corrected chi connectivity index (χ2v) is 21.5. The van der Waals surface area contributed by atoms with Crippen LogP contribution in [-0.2, 0) is 0 Å². The minimum absolute atomic E-state index is 1.11. The standard InChI is InChI=1S/C76H62N2/c1-47-25-21-26-48(2)65(47)69-61-43-41-59(77(55-33-13-9-14-34-55)56-35-15-10-16-36-56)45-63(61)71(67-51(5)29-23-30-52(67)6)75-73(69)74-70(66-49(3)27-22-28-50(66)4)62-44-42-60(78(57-37-17-11-18-38-57)58-39-19-12-20-40-58)46-64(62)72(76(74)75)68-53(7)31-24-32-54(68)8/h9-46H,1-8H3. The fraction of sp³-hybridized carbons (Fsp3) is 0.105. The van der Waals surface area contributed by atoms with Gasteiger partial charge in [-0.2, -0.15) is 0 Å². The van der Waals surface area contributed by atoms with E-state index in [2.05, 4.69) is 296 Å². The van der Waals surface area contributed by atoms with E-state index in [1.165, 1.54) is 133 Å². The van der Waals surface area contributed by atoms with Crippen molar-refractivity contribution in [3.8, 4) is 66.8 Å². The van der Waals surface area contributed by atoms with Gasteiger partial charge in [0.1, 0.15) is 0 Å². The Balaban J connectivity index is 1.28. The lowest BCUT2D eigenvalue weighted by molar-refractivity contribution is 1.29. The summed E-state index contributed by atoms with van der Waals surface area (Å²) in [7, 11) is 0. The van der Waals surface area contributed by atoms with Gasteiger partial charge in [0, 0.05) is 34.1 Å². The molecule has 0 saturated heterocycles. The SMILES string of the molecule is Cc1cccc(C)c1-c1c2c(c(-c3c(C)cccc3C)c3cc(N(c4ccccc4)c4ccccc4)ccc13)-c1c-2c(-c2c(C)cccc2C)c2ccc(N(c3ccccc3)c3ccccc3)cc2c1-c1c(C)cccc1C. The van der Waals surface area contributed by atoms with Crippen LogP contribution in [-0.4, -0.2) is 0 Å². The van der Waals surface area contributed by atoms with Gasteiger partial charge in [-0.1, -0.05) is 158 Å². The van der Waals surface area contributed by atoms with E-state index in [1.54, 1.807) is 0 Å². The molecule has 0 spiro atoms. The zero-order chi connectivity index (χ0) is 53.3. The van der Waals surface area contributed by atoms with E-state index >= 15 is 0 Å². The molecule has 2 nitrogen and oxygen atoms in total. The van der Waals surface area contributed by atoms with Crippen LogP contribution in [0, 0.1) is 55.4 Å². The molecule has 0 radical (unpaired) electrons. The third-order valence-corrected chi connectivity index (χ3v) is 16.6. The van der Waals surface area contributed by atoms with Crippen molar-refractivity contribution < 1.29 is 0 Å². The van der Waals surface area contributed by atoms with Gasteiger partial charge < -0.3 is 9.80 Å². The van der Waals surface area contributed by atoms with Crippen LogP contribution in [0.2, 0.25) is 0 Å². The van der Waals surface area contributed by atoms with Gasteiger partial charge >= 0.3 is 0 Å². The van der Waals surface area contributed by atoms with Crippen molar-refractivity contribution in [3.05, 3.63) is 275 Å². The van der Waals surface area contributed by atoms with Crippen LogP contribution >= 0.6 is 0 Å². The molecule has 0 N–H and O–H groups in total. The van der Waals surface area contributed by atoms with Crippen LogP contribution in [0.5, 0.6) is 0 Å². The Morgan fingerprint density at radius 3 is 0.615 bits per heavy atom. The Kier molecular flexibility index (Phi) is 12.0. The number of nitrogens with zero attached hydrogens (tertiary/aromatic N) is 2. The maximum absolute atomic E-state index is 2.51. The Bertz CT molecular complexity index is 3880. The summed E-state index contributed by atoms with van der Waals surface area (Å²) < 4.78 is 0. The summed E-state index contributed by atoms with van der Waals surface area (Å²) in [6, 6.07) is 85.4. The summed E-state index contributed by atoms with van der Waals surface area (Å²) >= 11 is 0. The smallest absolute Gasteiger partial charge is 0.0468 e. The van der Waals surface area contributed by atoms with Crippen molar-refractivity contribution in [2.45, 2.75) is 55.4 Å². The van der Waals surface area contributed by atoms with E-state index < -0.39 is 0 Å². The highest BCUT2D eigenvalue weighted by Crippen LogP contribution is 2.67. The molecular weight excluding hydrogens is 941 g/mol. The Labute approximate surface area is 460 Å². The summed E-state index contributed by atoms with van der Waals surface area (Å²) in [5, 5.41) is 4.96. The molecule has 0 heterocycles. The van der Waals surface area contributed by atoms with Gasteiger partial charge in [-0.05, 0) is 261 Å². The Morgan fingerprint density at radius 2 is 0.385 bits per heavy atom. The van der Waals surface area contributed by atoms with E-state index in [9.17, 15) is 0 Å². The van der Waals surface area contributed by atoms with Crippen LogP contribution in [0.3, 0.4) is 0 Å². The number of anilines is 6. The van der Waals surface area contributed by atoms with Crippen LogP contribution in [0.15, 0.2) is 231 Å². The summed E-state index contributed by atoms with van der Waals surface area (Å²) in [4.78, 5) is 4.84. The lowest BCUT2D eigenvalue weighted by Gasteiger charge is -2.39. The fourth-order valence-corrected chi connectivity index (χ4v) is 13.2. The second-order valence-electron chi connectivity index (χ2n) is 21.5. The zero-order valence-corrected chi connectivity index (χ0v) is 45.8. The molecule has 1 aliphatic carbocycles. The number of benzene rings is 12. The Morgan fingerprint density at radius 1 is 0.167 bits per heavy atom. The fourth-order valence-electron chi connectivity index (χ4n) is 13.2. The Hall–Kier alpha value is -9.24. The quantitative estimate of drug-likeness (QED) is 0.135. The molecule has 78 heavy (non-hydrogen) atoms. The molecule has 0 amide bonds. The molecule has 13 rings (SSSR count). The van der Waals surface area contributed by atoms with Crippen molar-refractivity contribution >= 4 is 55.7 Å². The van der Waals surface area contributed by atoms with Crippen LogP contribution in [0.4, 0.5) is 34.1 Å². The summed E-state index contributed by atoms with van der Waals surface area (Å²) in [5.41, 5.74) is 32.4. The second kappa shape index (κ2) is 19.4. The molecule has 376 valence electrons. The first-order valence-electron chi connectivity index (χ1n) is 27.4. The van der Waals surface area contributed by atoms with E-state index in [0.29, 0.717) is 0 Å². The molecule has 2 heteroatoms. The number of hydrogen-bond donors (Lipinski definition) is 0. The van der Waals surface area contributed by atoms with E-state index in [-0.39, 0.29) is 0 Å². The first kappa shape index (κ1) is 48.4. The van der Waals surface area contributed by atoms with Crippen LogP contribution in [0.25, 0.3) is 88.3 Å². The van der Waals surface area contributed by atoms with E-state index in [4.69, 9.17) is 0 Å². The largest absolute Gasteiger partial charge is 0.310 e. The van der Waals surface area contributed by atoms with Gasteiger partial charge in [0.15, 0.2) is 0 Å². The summed E-state index contributed by atoms with van der Waals surface area (Å²) in [5.74, 6) is 0. The van der Waals surface area contributed by atoms with Crippen molar-refractivity contribution in [2.24, 2.45) is 0 Å². The number of aryl methyl sites for hydroxylation is 8. The number of hydrogen-bond acceptors (Lipinski definition) is 2. The molecule has 12 aromatic carbocycles. The van der Waals surface area contributed by atoms with Crippen molar-refractivity contribution in [1.29, 1.82) is 0 Å². The summed E-state index contributed by atoms with van der Waals surface area (Å²) in [6.07, 6.45) is 0. The highest BCUT2D eigenvalue weighted by atomic mass is 15.1. The minimum Gasteiger partial charge on any atom is -0.310 e. The van der Waals surface area contributed by atoms with Gasteiger partial charge in [-0.15, -0.1) is 0 Å². The third-order valence-electron chi connectivity index (χ3n) is 16.6. The van der Waals surface area contributed by atoms with Crippen LogP contribution in [0.1, 0.15) is 44.5 Å². The highest BCUT2D eigenvalue weighted by molar-refractivity contribution is 6.34. The first-order chi connectivity index (χ1) is 38.1.